The SMILES string of the molecule is COc1ccc(CCO[C@H]2O[C@@H](CO)[C@H](OC(=O)/C=C/c3ccc(O)c(O)c3)[C@@H](O[C@H]3O[C@H](C)[C@@H](O)[C@H](O)[C@@H]3O)[C@@H]2O)cc1O. The van der Waals surface area contributed by atoms with Crippen LogP contribution in [0.3, 0.4) is 0 Å². The molecule has 4 rings (SSSR count). The lowest BCUT2D eigenvalue weighted by Crippen LogP contribution is -2.65. The van der Waals surface area contributed by atoms with E-state index in [4.69, 9.17) is 28.4 Å². The predicted molar refractivity (Wildman–Crippen MR) is 152 cm³/mol. The Labute approximate surface area is 258 Å². The minimum atomic E-state index is -1.76. The fraction of sp³-hybridized carbons (Fsp3) is 0.500. The molecule has 0 bridgehead atoms. The minimum absolute atomic E-state index is 0.0322. The number of aromatic hydroxyl groups is 3. The Bertz CT molecular complexity index is 1320. The van der Waals surface area contributed by atoms with E-state index in [-0.39, 0.29) is 30.3 Å². The van der Waals surface area contributed by atoms with E-state index in [0.717, 1.165) is 6.08 Å². The molecule has 0 unspecified atom stereocenters. The Morgan fingerprint density at radius 1 is 0.867 bits per heavy atom. The van der Waals surface area contributed by atoms with Crippen LogP contribution >= 0.6 is 0 Å². The van der Waals surface area contributed by atoms with Crippen molar-refractivity contribution in [2.45, 2.75) is 74.8 Å². The summed E-state index contributed by atoms with van der Waals surface area (Å²) in [5, 5.41) is 81.5. The molecule has 10 atom stereocenters. The molecule has 2 aliphatic rings. The zero-order valence-electron chi connectivity index (χ0n) is 24.4. The predicted octanol–water partition coefficient (Wildman–Crippen LogP) is -0.713. The third-order valence-corrected chi connectivity index (χ3v) is 7.47. The van der Waals surface area contributed by atoms with Crippen LogP contribution < -0.4 is 4.74 Å². The van der Waals surface area contributed by atoms with Gasteiger partial charge in [-0.1, -0.05) is 12.1 Å². The summed E-state index contributed by atoms with van der Waals surface area (Å²) in [4.78, 5) is 12.8. The zero-order valence-corrected chi connectivity index (χ0v) is 24.4. The van der Waals surface area contributed by atoms with Gasteiger partial charge in [0, 0.05) is 6.08 Å². The van der Waals surface area contributed by atoms with E-state index >= 15 is 0 Å². The van der Waals surface area contributed by atoms with Gasteiger partial charge in [-0.25, -0.2) is 4.79 Å². The second-order valence-corrected chi connectivity index (χ2v) is 10.6. The van der Waals surface area contributed by atoms with Crippen LogP contribution in [0.25, 0.3) is 6.08 Å². The van der Waals surface area contributed by atoms with Gasteiger partial charge in [0.15, 0.2) is 41.7 Å². The maximum Gasteiger partial charge on any atom is 0.331 e. The van der Waals surface area contributed by atoms with Crippen molar-refractivity contribution in [3.8, 4) is 23.0 Å². The first kappa shape index (κ1) is 34.4. The summed E-state index contributed by atoms with van der Waals surface area (Å²) in [7, 11) is 1.42. The van der Waals surface area contributed by atoms with Crippen LogP contribution in [-0.4, -0.2) is 129 Å². The molecule has 2 heterocycles. The van der Waals surface area contributed by atoms with Crippen molar-refractivity contribution in [2.24, 2.45) is 0 Å². The number of methoxy groups -OCH3 is 1. The minimum Gasteiger partial charge on any atom is -0.504 e. The third-order valence-electron chi connectivity index (χ3n) is 7.47. The number of hydrogen-bond donors (Lipinski definition) is 8. The van der Waals surface area contributed by atoms with Gasteiger partial charge in [-0.3, -0.25) is 0 Å². The molecule has 0 aromatic heterocycles. The average molecular weight is 639 g/mol. The number of carbonyl (C=O) groups excluding carboxylic acids is 1. The summed E-state index contributed by atoms with van der Waals surface area (Å²) < 4.78 is 33.4. The summed E-state index contributed by atoms with van der Waals surface area (Å²) in [5.41, 5.74) is 1.01. The molecule has 0 saturated carbocycles. The lowest BCUT2D eigenvalue weighted by molar-refractivity contribution is -0.357. The summed E-state index contributed by atoms with van der Waals surface area (Å²) >= 11 is 0. The molecule has 45 heavy (non-hydrogen) atoms. The van der Waals surface area contributed by atoms with Crippen molar-refractivity contribution in [3.05, 3.63) is 53.6 Å². The maximum absolute atomic E-state index is 12.8. The lowest BCUT2D eigenvalue weighted by Gasteiger charge is -2.46. The van der Waals surface area contributed by atoms with E-state index in [0.29, 0.717) is 11.1 Å². The van der Waals surface area contributed by atoms with E-state index in [9.17, 15) is 45.6 Å². The molecule has 2 fully saturated rings. The average Bonchev–Trinajstić information content (AvgIpc) is 3.02. The van der Waals surface area contributed by atoms with Crippen LogP contribution in [0.1, 0.15) is 18.1 Å². The molecule has 0 radical (unpaired) electrons. The largest absolute Gasteiger partial charge is 0.504 e. The van der Waals surface area contributed by atoms with Crippen LogP contribution in [0.2, 0.25) is 0 Å². The smallest absolute Gasteiger partial charge is 0.331 e. The highest BCUT2D eigenvalue weighted by molar-refractivity contribution is 5.87. The molecule has 2 aromatic rings. The van der Waals surface area contributed by atoms with Gasteiger partial charge >= 0.3 is 5.97 Å². The van der Waals surface area contributed by atoms with Crippen LogP contribution in [0.5, 0.6) is 23.0 Å². The van der Waals surface area contributed by atoms with E-state index in [1.807, 2.05) is 0 Å². The van der Waals surface area contributed by atoms with E-state index in [1.54, 1.807) is 12.1 Å². The van der Waals surface area contributed by atoms with Gasteiger partial charge in [0.25, 0.3) is 0 Å². The number of aliphatic hydroxyl groups excluding tert-OH is 5. The molecular weight excluding hydrogens is 600 g/mol. The van der Waals surface area contributed by atoms with Crippen molar-refractivity contribution in [1.29, 1.82) is 0 Å². The van der Waals surface area contributed by atoms with Crippen LogP contribution in [0.15, 0.2) is 42.5 Å². The molecular formula is C30H38O15. The van der Waals surface area contributed by atoms with Crippen LogP contribution in [-0.2, 0) is 34.9 Å². The van der Waals surface area contributed by atoms with Crippen molar-refractivity contribution < 1.29 is 74.1 Å². The Morgan fingerprint density at radius 3 is 2.29 bits per heavy atom. The van der Waals surface area contributed by atoms with E-state index in [1.165, 1.54) is 44.4 Å². The highest BCUT2D eigenvalue weighted by atomic mass is 16.7. The number of rotatable bonds is 11. The van der Waals surface area contributed by atoms with Gasteiger partial charge in [0.1, 0.15) is 36.6 Å². The fourth-order valence-corrected chi connectivity index (χ4v) is 4.92. The van der Waals surface area contributed by atoms with Crippen molar-refractivity contribution in [1.82, 2.24) is 0 Å². The first-order valence-electron chi connectivity index (χ1n) is 14.1. The molecule has 8 N–H and O–H groups in total. The standard InChI is InChI=1S/C30H38O15/c1-14-23(36)24(37)25(38)30(42-14)45-28-26(39)29(41-10-9-16-4-7-20(40-2)19(34)12-16)43-21(13-31)27(28)44-22(35)8-5-15-3-6-17(32)18(33)11-15/h3-8,11-12,14,21,23-34,36-39H,9-10,13H2,1-2H3/b8-5+/t14-,21+,23-,24+,25+,26+,27+,28+,29+,30-/m1/s1. The number of aliphatic hydroxyl groups is 5. The van der Waals surface area contributed by atoms with Crippen molar-refractivity contribution in [3.63, 3.8) is 0 Å². The molecule has 2 aromatic carbocycles. The topological polar surface area (TPSA) is 234 Å². The molecule has 2 saturated heterocycles. The van der Waals surface area contributed by atoms with Gasteiger partial charge in [0.05, 0.1) is 26.4 Å². The van der Waals surface area contributed by atoms with E-state index < -0.39 is 79.7 Å². The Morgan fingerprint density at radius 2 is 1.62 bits per heavy atom. The molecule has 15 nitrogen and oxygen atoms in total. The number of ether oxygens (including phenoxy) is 6. The first-order chi connectivity index (χ1) is 21.4. The number of phenols is 3. The van der Waals surface area contributed by atoms with Gasteiger partial charge in [0.2, 0.25) is 0 Å². The Hall–Kier alpha value is -3.51. The third kappa shape index (κ3) is 8.21. The normalized spacial score (nSPS) is 32.0. The summed E-state index contributed by atoms with van der Waals surface area (Å²) in [6.07, 6.45) is -12.4. The summed E-state index contributed by atoms with van der Waals surface area (Å²) in [5.74, 6) is -1.53. The zero-order chi connectivity index (χ0) is 32.8. The Balaban J connectivity index is 1.52. The van der Waals surface area contributed by atoms with Gasteiger partial charge in [-0.15, -0.1) is 0 Å². The second-order valence-electron chi connectivity index (χ2n) is 10.6. The molecule has 248 valence electrons. The summed E-state index contributed by atoms with van der Waals surface area (Å²) in [6, 6.07) is 8.60. The highest BCUT2D eigenvalue weighted by Crippen LogP contribution is 2.32. The van der Waals surface area contributed by atoms with Crippen molar-refractivity contribution in [2.75, 3.05) is 20.3 Å². The van der Waals surface area contributed by atoms with Gasteiger partial charge < -0.3 is 69.3 Å². The van der Waals surface area contributed by atoms with E-state index in [2.05, 4.69) is 0 Å². The summed E-state index contributed by atoms with van der Waals surface area (Å²) in [6.45, 7) is 0.674. The monoisotopic (exact) mass is 638 g/mol. The van der Waals surface area contributed by atoms with Crippen LogP contribution in [0, 0.1) is 0 Å². The highest BCUT2D eigenvalue weighted by Gasteiger charge is 2.52. The number of hydrogen-bond acceptors (Lipinski definition) is 15. The van der Waals surface area contributed by atoms with Gasteiger partial charge in [-0.2, -0.15) is 0 Å². The lowest BCUT2D eigenvalue weighted by atomic mass is 9.97. The second kappa shape index (κ2) is 15.2. The van der Waals surface area contributed by atoms with Crippen LogP contribution in [0.4, 0.5) is 0 Å². The number of benzene rings is 2. The molecule has 0 spiro atoms. The number of carbonyl (C=O) groups is 1. The van der Waals surface area contributed by atoms with Gasteiger partial charge in [-0.05, 0) is 54.8 Å². The quantitative estimate of drug-likeness (QED) is 0.0862. The first-order valence-corrected chi connectivity index (χ1v) is 14.1. The number of phenolic OH excluding ortho intramolecular Hbond substituents is 3. The fourth-order valence-electron chi connectivity index (χ4n) is 4.92. The molecule has 2 aliphatic heterocycles. The maximum atomic E-state index is 12.8. The molecule has 15 heteroatoms. The molecule has 0 aliphatic carbocycles. The molecule has 0 amide bonds. The Kier molecular flexibility index (Phi) is 11.6. The van der Waals surface area contributed by atoms with Crippen molar-refractivity contribution >= 4 is 12.0 Å². The number of esters is 1.